The maximum Gasteiger partial charge on any atom is 0.214 e. The molecule has 7 heavy (non-hydrogen) atoms. The standard InChI is InChI=1S/C3H6.C2H5NO/c1-2-3-1;1-2(3)4/h1-3H2;1H3,(H2,3,4). The van der Waals surface area contributed by atoms with Crippen molar-refractivity contribution in [1.29, 1.82) is 0 Å². The maximum atomic E-state index is 9.22. The fraction of sp³-hybridized carbons (Fsp3) is 0.800. The van der Waals surface area contributed by atoms with Gasteiger partial charge in [-0.05, 0) is 0 Å². The zero-order valence-corrected chi connectivity index (χ0v) is 4.61. The van der Waals surface area contributed by atoms with E-state index >= 15 is 0 Å². The minimum absolute atomic E-state index is 0.333. The Kier molecular flexibility index (Phi) is 3.38. The second kappa shape index (κ2) is 3.65. The van der Waals surface area contributed by atoms with Crippen molar-refractivity contribution in [3.8, 4) is 0 Å². The summed E-state index contributed by atoms with van der Waals surface area (Å²) in [4.78, 5) is 9.22. The number of amides is 1. The van der Waals surface area contributed by atoms with Crippen LogP contribution in [-0.4, -0.2) is 5.91 Å². The van der Waals surface area contributed by atoms with Crippen LogP contribution in [0, 0.1) is 0 Å². The third kappa shape index (κ3) is 298. The summed E-state index contributed by atoms with van der Waals surface area (Å²) in [6, 6.07) is 0. The molecule has 0 radical (unpaired) electrons. The fourth-order valence-electron chi connectivity index (χ4n) is 0. The summed E-state index contributed by atoms with van der Waals surface area (Å²) in [5.74, 6) is -0.333. The largest absolute Gasteiger partial charge is 0.370 e. The highest BCUT2D eigenvalue weighted by atomic mass is 16.1. The van der Waals surface area contributed by atoms with Crippen LogP contribution in [0.1, 0.15) is 26.2 Å². The average molecular weight is 101 g/mol. The molecule has 2 nitrogen and oxygen atoms in total. The first-order valence-corrected chi connectivity index (χ1v) is 2.49. The first-order valence-electron chi connectivity index (χ1n) is 2.49. The van der Waals surface area contributed by atoms with Crippen molar-refractivity contribution in [3.05, 3.63) is 0 Å². The number of hydrogen-bond donors (Lipinski definition) is 1. The van der Waals surface area contributed by atoms with Crippen LogP contribution >= 0.6 is 0 Å². The van der Waals surface area contributed by atoms with E-state index in [4.69, 9.17) is 0 Å². The molecule has 1 aliphatic rings. The lowest BCUT2D eigenvalue weighted by Gasteiger charge is -1.60. The molecule has 0 heterocycles. The summed E-state index contributed by atoms with van der Waals surface area (Å²) in [5, 5.41) is 0. The topological polar surface area (TPSA) is 43.1 Å². The van der Waals surface area contributed by atoms with E-state index < -0.39 is 0 Å². The number of rotatable bonds is 0. The van der Waals surface area contributed by atoms with Gasteiger partial charge in [-0.1, -0.05) is 19.3 Å². The molecule has 0 spiro atoms. The lowest BCUT2D eigenvalue weighted by molar-refractivity contribution is -0.115. The molecule has 2 heteroatoms. The van der Waals surface area contributed by atoms with Crippen LogP contribution in [0.25, 0.3) is 0 Å². The Bertz CT molecular complexity index is 52.3. The van der Waals surface area contributed by atoms with Crippen molar-refractivity contribution >= 4 is 5.91 Å². The van der Waals surface area contributed by atoms with Crippen LogP contribution in [-0.2, 0) is 4.79 Å². The van der Waals surface area contributed by atoms with Gasteiger partial charge in [-0.2, -0.15) is 0 Å². The molecular formula is C5H11NO. The Morgan fingerprint density at radius 3 is 1.57 bits per heavy atom. The molecule has 0 aromatic heterocycles. The van der Waals surface area contributed by atoms with E-state index in [9.17, 15) is 4.79 Å². The van der Waals surface area contributed by atoms with Crippen LogP contribution in [0.2, 0.25) is 0 Å². The predicted molar refractivity (Wildman–Crippen MR) is 28.7 cm³/mol. The minimum atomic E-state index is -0.333. The SMILES string of the molecule is C1CC1.CC(N)=O. The Balaban J connectivity index is 0.000000105. The summed E-state index contributed by atoms with van der Waals surface area (Å²) >= 11 is 0. The zero-order chi connectivity index (χ0) is 5.70. The van der Waals surface area contributed by atoms with E-state index in [2.05, 4.69) is 5.73 Å². The molecule has 0 atom stereocenters. The Morgan fingerprint density at radius 1 is 1.43 bits per heavy atom. The normalized spacial score (nSPS) is 13.9. The van der Waals surface area contributed by atoms with Crippen molar-refractivity contribution in [1.82, 2.24) is 0 Å². The van der Waals surface area contributed by atoms with E-state index in [1.54, 1.807) is 0 Å². The summed E-state index contributed by atoms with van der Waals surface area (Å²) < 4.78 is 0. The van der Waals surface area contributed by atoms with Gasteiger partial charge in [0.05, 0.1) is 0 Å². The van der Waals surface area contributed by atoms with Gasteiger partial charge in [0, 0.05) is 6.92 Å². The molecule has 1 amide bonds. The van der Waals surface area contributed by atoms with Crippen LogP contribution < -0.4 is 5.73 Å². The van der Waals surface area contributed by atoms with Crippen molar-refractivity contribution in [3.63, 3.8) is 0 Å². The van der Waals surface area contributed by atoms with Crippen LogP contribution in [0.3, 0.4) is 0 Å². The van der Waals surface area contributed by atoms with Gasteiger partial charge in [-0.15, -0.1) is 0 Å². The van der Waals surface area contributed by atoms with Crippen molar-refractivity contribution in [2.45, 2.75) is 26.2 Å². The second-order valence-electron chi connectivity index (χ2n) is 1.67. The predicted octanol–water partition coefficient (Wildman–Crippen LogP) is 0.662. The van der Waals surface area contributed by atoms with E-state index in [0.29, 0.717) is 0 Å². The van der Waals surface area contributed by atoms with Crippen LogP contribution in [0.4, 0.5) is 0 Å². The second-order valence-corrected chi connectivity index (χ2v) is 1.67. The van der Waals surface area contributed by atoms with Crippen LogP contribution in [0.5, 0.6) is 0 Å². The first-order chi connectivity index (χ1) is 3.23. The summed E-state index contributed by atoms with van der Waals surface area (Å²) in [6.07, 6.45) is 4.50. The zero-order valence-electron chi connectivity index (χ0n) is 4.61. The molecular weight excluding hydrogens is 90.1 g/mol. The molecule has 1 aliphatic carbocycles. The molecule has 0 unspecified atom stereocenters. The van der Waals surface area contributed by atoms with Gasteiger partial charge >= 0.3 is 0 Å². The van der Waals surface area contributed by atoms with Crippen molar-refractivity contribution in [2.75, 3.05) is 0 Å². The lowest BCUT2D eigenvalue weighted by atomic mass is 10.8. The van der Waals surface area contributed by atoms with Gasteiger partial charge in [0.1, 0.15) is 0 Å². The quantitative estimate of drug-likeness (QED) is 0.478. The molecule has 0 aromatic carbocycles. The highest BCUT2D eigenvalue weighted by Crippen LogP contribution is 2.14. The average Bonchev–Trinajstić information content (AvgIpc) is 2.02. The van der Waals surface area contributed by atoms with E-state index in [-0.39, 0.29) is 5.91 Å². The fourth-order valence-corrected chi connectivity index (χ4v) is 0. The summed E-state index contributed by atoms with van der Waals surface area (Å²) in [6.45, 7) is 1.31. The number of carbonyl (C=O) groups is 1. The van der Waals surface area contributed by atoms with Gasteiger partial charge in [-0.3, -0.25) is 4.79 Å². The Morgan fingerprint density at radius 2 is 1.57 bits per heavy atom. The Labute approximate surface area is 43.7 Å². The smallest absolute Gasteiger partial charge is 0.214 e. The molecule has 0 aliphatic heterocycles. The maximum absolute atomic E-state index is 9.22. The number of primary amides is 1. The lowest BCUT2D eigenvalue weighted by Crippen LogP contribution is -2.01. The van der Waals surface area contributed by atoms with Gasteiger partial charge in [-0.25, -0.2) is 0 Å². The van der Waals surface area contributed by atoms with E-state index in [0.717, 1.165) is 0 Å². The van der Waals surface area contributed by atoms with Gasteiger partial charge in [0.2, 0.25) is 5.91 Å². The third-order valence-electron chi connectivity index (χ3n) is 0.354. The van der Waals surface area contributed by atoms with Crippen molar-refractivity contribution in [2.24, 2.45) is 5.73 Å². The highest BCUT2D eigenvalue weighted by molar-refractivity contribution is 5.70. The summed E-state index contributed by atoms with van der Waals surface area (Å²) in [5.41, 5.74) is 4.47. The monoisotopic (exact) mass is 101 g/mol. The number of carbonyl (C=O) groups excluding carboxylic acids is 1. The van der Waals surface area contributed by atoms with Gasteiger partial charge in [0.25, 0.3) is 0 Å². The molecule has 2 N–H and O–H groups in total. The Hall–Kier alpha value is -0.530. The molecule has 1 rings (SSSR count). The third-order valence-corrected chi connectivity index (χ3v) is 0.354. The van der Waals surface area contributed by atoms with Crippen LogP contribution in [0.15, 0.2) is 0 Å². The minimum Gasteiger partial charge on any atom is -0.370 e. The van der Waals surface area contributed by atoms with Gasteiger partial charge in [0.15, 0.2) is 0 Å². The molecule has 1 fully saturated rings. The van der Waals surface area contributed by atoms with Gasteiger partial charge < -0.3 is 5.73 Å². The highest BCUT2D eigenvalue weighted by Gasteiger charge is 1.95. The summed E-state index contributed by atoms with van der Waals surface area (Å²) in [7, 11) is 0. The molecule has 0 saturated heterocycles. The molecule has 42 valence electrons. The van der Waals surface area contributed by atoms with Crippen molar-refractivity contribution < 1.29 is 4.79 Å². The first kappa shape index (κ1) is 6.47. The number of hydrogen-bond acceptors (Lipinski definition) is 1. The molecule has 0 aromatic rings. The van der Waals surface area contributed by atoms with E-state index in [1.165, 1.54) is 26.2 Å². The van der Waals surface area contributed by atoms with E-state index in [1.807, 2.05) is 0 Å². The molecule has 1 saturated carbocycles. The molecule has 0 bridgehead atoms. The number of nitrogens with two attached hydrogens (primary N) is 1.